The molecule has 9 heteroatoms. The van der Waals surface area contributed by atoms with Gasteiger partial charge in [0.1, 0.15) is 23.5 Å². The second-order valence-corrected chi connectivity index (χ2v) is 9.92. The van der Waals surface area contributed by atoms with Gasteiger partial charge in [0.2, 0.25) is 0 Å². The average molecular weight is 486 g/mol. The van der Waals surface area contributed by atoms with Crippen molar-refractivity contribution >= 4 is 17.2 Å². The van der Waals surface area contributed by atoms with Crippen LogP contribution in [-0.4, -0.2) is 67.9 Å². The predicted octanol–water partition coefficient (Wildman–Crippen LogP) is 4.10. The summed E-state index contributed by atoms with van der Waals surface area (Å²) in [7, 11) is 2.20. The molecule has 1 N–H and O–H groups in total. The number of morpholine rings is 1. The van der Waals surface area contributed by atoms with E-state index in [0.717, 1.165) is 77.3 Å². The molecule has 2 aliphatic heterocycles. The number of rotatable bonds is 5. The third-order valence-corrected chi connectivity index (χ3v) is 7.14. The number of fused-ring (bicyclic) bond motifs is 3. The highest BCUT2D eigenvalue weighted by Crippen LogP contribution is 2.35. The Morgan fingerprint density at radius 2 is 1.78 bits per heavy atom. The van der Waals surface area contributed by atoms with Gasteiger partial charge in [0.05, 0.1) is 24.9 Å². The number of pyridine rings is 2. The molecule has 0 radical (unpaired) electrons. The van der Waals surface area contributed by atoms with Crippen LogP contribution in [0.2, 0.25) is 0 Å². The maximum Gasteiger partial charge on any atom is 0.154 e. The van der Waals surface area contributed by atoms with Crippen molar-refractivity contribution in [2.45, 2.75) is 51.8 Å². The summed E-state index contributed by atoms with van der Waals surface area (Å²) in [6.45, 7) is 7.40. The van der Waals surface area contributed by atoms with Gasteiger partial charge in [-0.1, -0.05) is 0 Å². The van der Waals surface area contributed by atoms with Crippen molar-refractivity contribution in [1.82, 2.24) is 29.5 Å². The Kier molecular flexibility index (Phi) is 5.81. The van der Waals surface area contributed by atoms with E-state index in [-0.39, 0.29) is 6.10 Å². The molecule has 0 aromatic carbocycles. The molecule has 2 aliphatic rings. The minimum atomic E-state index is 0.151. The Hall–Kier alpha value is -3.56. The first-order chi connectivity index (χ1) is 17.4. The lowest BCUT2D eigenvalue weighted by Gasteiger charge is -2.46. The van der Waals surface area contributed by atoms with Gasteiger partial charge in [-0.15, -0.1) is 0 Å². The first-order valence-electron chi connectivity index (χ1n) is 12.4. The standard InChI is InChI=1S/C27H31N7O2/c1-16-7-24(25(13-28-16)36-23-10-21-14-35-15-22(11-23)33(21)4)19-5-6-34-20(9-19)12-27(32-34)31-26-8-17(2)29-18(3)30-26/h5-9,12-13,21-23H,10-11,14-15H2,1-4H3,(H,29,30,31,32). The first-order valence-corrected chi connectivity index (χ1v) is 12.4. The summed E-state index contributed by atoms with van der Waals surface area (Å²) in [6, 6.07) is 11.0. The summed E-state index contributed by atoms with van der Waals surface area (Å²) in [5.41, 5.74) is 4.96. The zero-order chi connectivity index (χ0) is 24.8. The molecule has 9 nitrogen and oxygen atoms in total. The Morgan fingerprint density at radius 1 is 0.972 bits per heavy atom. The first kappa shape index (κ1) is 22.9. The molecule has 0 aliphatic carbocycles. The largest absolute Gasteiger partial charge is 0.488 e. The summed E-state index contributed by atoms with van der Waals surface area (Å²) >= 11 is 0. The Labute approximate surface area is 210 Å². The number of likely N-dealkylation sites (N-methyl/N-ethyl adjacent to an activating group) is 1. The lowest BCUT2D eigenvalue weighted by atomic mass is 9.92. The molecule has 2 fully saturated rings. The number of ether oxygens (including phenoxy) is 2. The zero-order valence-electron chi connectivity index (χ0n) is 21.1. The summed E-state index contributed by atoms with van der Waals surface area (Å²) < 4.78 is 14.2. The van der Waals surface area contributed by atoms with Crippen LogP contribution in [0.25, 0.3) is 16.6 Å². The van der Waals surface area contributed by atoms with Crippen molar-refractivity contribution in [1.29, 1.82) is 0 Å². The van der Waals surface area contributed by atoms with Crippen molar-refractivity contribution in [3.63, 3.8) is 0 Å². The second-order valence-electron chi connectivity index (χ2n) is 9.92. The molecule has 4 aromatic rings. The van der Waals surface area contributed by atoms with Crippen LogP contribution in [0, 0.1) is 20.8 Å². The number of aryl methyl sites for hydroxylation is 3. The van der Waals surface area contributed by atoms with E-state index < -0.39 is 0 Å². The number of hydrogen-bond acceptors (Lipinski definition) is 8. The van der Waals surface area contributed by atoms with Gasteiger partial charge in [-0.3, -0.25) is 9.88 Å². The molecular weight excluding hydrogens is 454 g/mol. The normalized spacial score (nSPS) is 22.1. The Balaban J connectivity index is 1.28. The second kappa shape index (κ2) is 9.15. The van der Waals surface area contributed by atoms with E-state index in [2.05, 4.69) is 55.5 Å². The van der Waals surface area contributed by atoms with Crippen molar-refractivity contribution in [2.75, 3.05) is 25.6 Å². The van der Waals surface area contributed by atoms with Crippen LogP contribution in [0.3, 0.4) is 0 Å². The summed E-state index contributed by atoms with van der Waals surface area (Å²) in [6.07, 6.45) is 5.90. The molecule has 6 rings (SSSR count). The molecular formula is C27H31N7O2. The maximum absolute atomic E-state index is 6.61. The number of nitrogens with one attached hydrogen (secondary N) is 1. The van der Waals surface area contributed by atoms with E-state index in [1.165, 1.54) is 0 Å². The maximum atomic E-state index is 6.61. The van der Waals surface area contributed by atoms with Crippen LogP contribution < -0.4 is 10.1 Å². The van der Waals surface area contributed by atoms with E-state index in [0.29, 0.717) is 12.1 Å². The minimum Gasteiger partial charge on any atom is -0.488 e. The lowest BCUT2D eigenvalue weighted by molar-refractivity contribution is -0.0879. The monoisotopic (exact) mass is 485 g/mol. The van der Waals surface area contributed by atoms with Gasteiger partial charge < -0.3 is 14.8 Å². The highest BCUT2D eigenvalue weighted by molar-refractivity contribution is 5.75. The van der Waals surface area contributed by atoms with Crippen LogP contribution in [0.1, 0.15) is 30.1 Å². The molecule has 6 heterocycles. The van der Waals surface area contributed by atoms with Gasteiger partial charge in [0, 0.05) is 60.2 Å². The molecule has 2 saturated heterocycles. The third kappa shape index (κ3) is 4.52. The van der Waals surface area contributed by atoms with Crippen molar-refractivity contribution in [2.24, 2.45) is 0 Å². The quantitative estimate of drug-likeness (QED) is 0.452. The minimum absolute atomic E-state index is 0.151. The van der Waals surface area contributed by atoms with Crippen molar-refractivity contribution < 1.29 is 9.47 Å². The van der Waals surface area contributed by atoms with Gasteiger partial charge in [-0.25, -0.2) is 14.5 Å². The van der Waals surface area contributed by atoms with Crippen molar-refractivity contribution in [3.8, 4) is 16.9 Å². The van der Waals surface area contributed by atoms with Gasteiger partial charge in [0.15, 0.2) is 5.82 Å². The Morgan fingerprint density at radius 3 is 2.56 bits per heavy atom. The van der Waals surface area contributed by atoms with Crippen LogP contribution >= 0.6 is 0 Å². The van der Waals surface area contributed by atoms with Gasteiger partial charge >= 0.3 is 0 Å². The third-order valence-electron chi connectivity index (χ3n) is 7.14. The lowest BCUT2D eigenvalue weighted by Crippen LogP contribution is -2.57. The van der Waals surface area contributed by atoms with Crippen LogP contribution in [-0.2, 0) is 4.74 Å². The van der Waals surface area contributed by atoms with Gasteiger partial charge in [0.25, 0.3) is 0 Å². The Bertz CT molecular complexity index is 1380. The topological polar surface area (TPSA) is 89.7 Å². The SMILES string of the molecule is Cc1cc(-c2ccn3nc(Nc4cc(C)nc(C)n4)cc3c2)c(OC2CC3COCC(C2)N3C)cn1. The number of aromatic nitrogens is 5. The smallest absolute Gasteiger partial charge is 0.154 e. The molecule has 4 aromatic heterocycles. The van der Waals surface area contributed by atoms with Gasteiger partial charge in [-0.2, -0.15) is 5.10 Å². The summed E-state index contributed by atoms with van der Waals surface area (Å²) in [5.74, 6) is 3.01. The van der Waals surface area contributed by atoms with E-state index >= 15 is 0 Å². The van der Waals surface area contributed by atoms with E-state index in [1.54, 1.807) is 0 Å². The molecule has 0 amide bonds. The zero-order valence-corrected chi connectivity index (χ0v) is 21.1. The van der Waals surface area contributed by atoms with Crippen LogP contribution in [0.15, 0.2) is 42.7 Å². The number of piperidine rings is 1. The van der Waals surface area contributed by atoms with E-state index in [9.17, 15) is 0 Å². The molecule has 2 unspecified atom stereocenters. The summed E-state index contributed by atoms with van der Waals surface area (Å²) in [4.78, 5) is 15.8. The van der Waals surface area contributed by atoms with E-state index in [4.69, 9.17) is 9.47 Å². The molecule has 2 atom stereocenters. The molecule has 36 heavy (non-hydrogen) atoms. The van der Waals surface area contributed by atoms with E-state index in [1.807, 2.05) is 49.8 Å². The highest BCUT2D eigenvalue weighted by atomic mass is 16.5. The van der Waals surface area contributed by atoms with Crippen LogP contribution in [0.5, 0.6) is 5.75 Å². The average Bonchev–Trinajstić information content (AvgIpc) is 3.21. The molecule has 0 spiro atoms. The fourth-order valence-electron chi connectivity index (χ4n) is 5.32. The predicted molar refractivity (Wildman–Crippen MR) is 138 cm³/mol. The summed E-state index contributed by atoms with van der Waals surface area (Å²) in [5, 5.41) is 7.96. The fraction of sp³-hybridized carbons (Fsp3) is 0.407. The molecule has 0 saturated carbocycles. The number of anilines is 2. The molecule has 186 valence electrons. The number of hydrogen-bond donors (Lipinski definition) is 1. The van der Waals surface area contributed by atoms with Crippen molar-refractivity contribution in [3.05, 3.63) is 59.9 Å². The number of nitrogens with zero attached hydrogens (tertiary/aromatic N) is 6. The highest BCUT2D eigenvalue weighted by Gasteiger charge is 2.38. The van der Waals surface area contributed by atoms with Crippen LogP contribution in [0.4, 0.5) is 11.6 Å². The van der Waals surface area contributed by atoms with Gasteiger partial charge in [-0.05, 0) is 51.6 Å². The fourth-order valence-corrected chi connectivity index (χ4v) is 5.32. The molecule has 2 bridgehead atoms.